The van der Waals surface area contributed by atoms with E-state index >= 15 is 0 Å². The molecule has 0 amide bonds. The zero-order valence-electron chi connectivity index (χ0n) is 14.0. The second-order valence-corrected chi connectivity index (χ2v) is 5.56. The van der Waals surface area contributed by atoms with E-state index in [0.717, 1.165) is 19.6 Å². The molecule has 0 aromatic heterocycles. The quantitative estimate of drug-likeness (QED) is 0.239. The first-order chi connectivity index (χ1) is 11.0. The van der Waals surface area contributed by atoms with Crippen LogP contribution in [0.5, 0.6) is 0 Å². The lowest BCUT2D eigenvalue weighted by Gasteiger charge is -2.12. The van der Waals surface area contributed by atoms with Crippen molar-refractivity contribution in [1.82, 2.24) is 10.6 Å². The Labute approximate surface area is 137 Å². The molecule has 0 heterocycles. The number of hydrogen-bond acceptors (Lipinski definition) is 4. The summed E-state index contributed by atoms with van der Waals surface area (Å²) in [6, 6.07) is 6.68. The largest absolute Gasteiger partial charge is 0.381 e. The molecule has 1 aromatic carbocycles. The Balaban J connectivity index is 2.34. The van der Waals surface area contributed by atoms with Crippen molar-refractivity contribution in [2.45, 2.75) is 26.8 Å². The molecule has 0 unspecified atom stereocenters. The van der Waals surface area contributed by atoms with Gasteiger partial charge in [0, 0.05) is 45.0 Å². The van der Waals surface area contributed by atoms with Crippen LogP contribution in [0.4, 0.5) is 5.69 Å². The first-order valence-electron chi connectivity index (χ1n) is 7.79. The Morgan fingerprint density at radius 1 is 1.35 bits per heavy atom. The number of aliphatic imine (C=N–C) groups is 1. The molecule has 0 atom stereocenters. The van der Waals surface area contributed by atoms with Crippen LogP contribution in [0.1, 0.15) is 25.8 Å². The SMILES string of the molecule is CN=C(NCCCOCC(C)C)NCc1ccccc1[N+](=O)[O-]. The fourth-order valence-corrected chi connectivity index (χ4v) is 1.94. The summed E-state index contributed by atoms with van der Waals surface area (Å²) in [4.78, 5) is 14.7. The van der Waals surface area contributed by atoms with E-state index in [0.29, 0.717) is 30.6 Å². The molecule has 7 heteroatoms. The van der Waals surface area contributed by atoms with Crippen molar-refractivity contribution in [2.24, 2.45) is 10.9 Å². The molecule has 1 rings (SSSR count). The highest BCUT2D eigenvalue weighted by atomic mass is 16.6. The maximum absolute atomic E-state index is 11.0. The van der Waals surface area contributed by atoms with E-state index in [1.54, 1.807) is 25.2 Å². The van der Waals surface area contributed by atoms with Crippen LogP contribution in [0.2, 0.25) is 0 Å². The molecule has 1 aromatic rings. The molecule has 23 heavy (non-hydrogen) atoms. The molecule has 0 radical (unpaired) electrons. The molecule has 7 nitrogen and oxygen atoms in total. The standard InChI is InChI=1S/C16H26N4O3/c1-13(2)12-23-10-6-9-18-16(17-3)19-11-14-7-4-5-8-15(14)20(21)22/h4-5,7-8,13H,6,9-12H2,1-3H3,(H2,17,18,19). The second-order valence-electron chi connectivity index (χ2n) is 5.56. The van der Waals surface area contributed by atoms with Crippen LogP contribution >= 0.6 is 0 Å². The third kappa shape index (κ3) is 7.60. The van der Waals surface area contributed by atoms with Crippen molar-refractivity contribution >= 4 is 11.6 Å². The van der Waals surface area contributed by atoms with E-state index in [9.17, 15) is 10.1 Å². The van der Waals surface area contributed by atoms with Gasteiger partial charge in [-0.25, -0.2) is 0 Å². The van der Waals surface area contributed by atoms with Gasteiger partial charge in [0.15, 0.2) is 5.96 Å². The summed E-state index contributed by atoms with van der Waals surface area (Å²) < 4.78 is 5.51. The van der Waals surface area contributed by atoms with E-state index in [4.69, 9.17) is 4.74 Å². The van der Waals surface area contributed by atoms with E-state index in [2.05, 4.69) is 29.5 Å². The maximum Gasteiger partial charge on any atom is 0.274 e. The van der Waals surface area contributed by atoms with Gasteiger partial charge in [-0.3, -0.25) is 15.1 Å². The van der Waals surface area contributed by atoms with Crippen molar-refractivity contribution in [1.29, 1.82) is 0 Å². The van der Waals surface area contributed by atoms with Crippen molar-refractivity contribution < 1.29 is 9.66 Å². The minimum Gasteiger partial charge on any atom is -0.381 e. The number of nitro benzene ring substituents is 1. The molecule has 128 valence electrons. The number of benzene rings is 1. The first kappa shape index (κ1) is 18.9. The average molecular weight is 322 g/mol. The fraction of sp³-hybridized carbons (Fsp3) is 0.562. The van der Waals surface area contributed by atoms with E-state index < -0.39 is 0 Å². The number of nitrogens with one attached hydrogen (secondary N) is 2. The predicted molar refractivity (Wildman–Crippen MR) is 91.6 cm³/mol. The second kappa shape index (κ2) is 10.6. The fourth-order valence-electron chi connectivity index (χ4n) is 1.94. The number of ether oxygens (including phenoxy) is 1. The topological polar surface area (TPSA) is 88.8 Å². The smallest absolute Gasteiger partial charge is 0.274 e. The van der Waals surface area contributed by atoms with E-state index in [1.807, 2.05) is 0 Å². The molecule has 0 aliphatic rings. The van der Waals surface area contributed by atoms with Crippen molar-refractivity contribution in [2.75, 3.05) is 26.8 Å². The molecular weight excluding hydrogens is 296 g/mol. The van der Waals surface area contributed by atoms with Crippen LogP contribution in [0.3, 0.4) is 0 Å². The molecular formula is C16H26N4O3. The van der Waals surface area contributed by atoms with Crippen LogP contribution in [0, 0.1) is 16.0 Å². The number of rotatable bonds is 9. The highest BCUT2D eigenvalue weighted by molar-refractivity contribution is 5.79. The van der Waals surface area contributed by atoms with Gasteiger partial charge < -0.3 is 15.4 Å². The Bertz CT molecular complexity index is 518. The first-order valence-corrected chi connectivity index (χ1v) is 7.79. The van der Waals surface area contributed by atoms with E-state index in [-0.39, 0.29) is 10.6 Å². The van der Waals surface area contributed by atoms with Gasteiger partial charge in [0.25, 0.3) is 5.69 Å². The summed E-state index contributed by atoms with van der Waals surface area (Å²) in [5, 5.41) is 17.2. The Morgan fingerprint density at radius 3 is 2.74 bits per heavy atom. The average Bonchev–Trinajstić information content (AvgIpc) is 2.53. The zero-order chi connectivity index (χ0) is 17.1. The highest BCUT2D eigenvalue weighted by Gasteiger charge is 2.12. The van der Waals surface area contributed by atoms with Crippen LogP contribution in [0.25, 0.3) is 0 Å². The van der Waals surface area contributed by atoms with Crippen molar-refractivity contribution in [3.63, 3.8) is 0 Å². The van der Waals surface area contributed by atoms with Gasteiger partial charge in [-0.15, -0.1) is 0 Å². The van der Waals surface area contributed by atoms with Crippen LogP contribution in [0.15, 0.2) is 29.3 Å². The summed E-state index contributed by atoms with van der Waals surface area (Å²) in [6.07, 6.45) is 0.874. The molecule has 0 aliphatic carbocycles. The summed E-state index contributed by atoms with van der Waals surface area (Å²) in [5.74, 6) is 1.16. The number of nitrogens with zero attached hydrogens (tertiary/aromatic N) is 2. The monoisotopic (exact) mass is 322 g/mol. The lowest BCUT2D eigenvalue weighted by Crippen LogP contribution is -2.37. The summed E-state index contributed by atoms with van der Waals surface area (Å²) >= 11 is 0. The number of guanidine groups is 1. The maximum atomic E-state index is 11.0. The highest BCUT2D eigenvalue weighted by Crippen LogP contribution is 2.16. The molecule has 0 saturated heterocycles. The normalized spacial score (nSPS) is 11.6. The summed E-state index contributed by atoms with van der Waals surface area (Å²) in [5.41, 5.74) is 0.734. The lowest BCUT2D eigenvalue weighted by molar-refractivity contribution is -0.385. The van der Waals surface area contributed by atoms with Crippen LogP contribution in [-0.4, -0.2) is 37.7 Å². The minimum atomic E-state index is -0.376. The Morgan fingerprint density at radius 2 is 2.09 bits per heavy atom. The van der Waals surface area contributed by atoms with Gasteiger partial charge in [-0.2, -0.15) is 0 Å². The predicted octanol–water partition coefficient (Wildman–Crippen LogP) is 2.32. The van der Waals surface area contributed by atoms with E-state index in [1.165, 1.54) is 6.07 Å². The molecule has 0 bridgehead atoms. The molecule has 2 N–H and O–H groups in total. The number of nitro groups is 1. The third-order valence-corrected chi connectivity index (χ3v) is 3.07. The molecule has 0 spiro atoms. The number of para-hydroxylation sites is 1. The van der Waals surface area contributed by atoms with Gasteiger partial charge in [0.2, 0.25) is 0 Å². The summed E-state index contributed by atoms with van der Waals surface area (Å²) in [6.45, 7) is 6.78. The van der Waals surface area contributed by atoms with Crippen molar-refractivity contribution in [3.8, 4) is 0 Å². The summed E-state index contributed by atoms with van der Waals surface area (Å²) in [7, 11) is 1.67. The van der Waals surface area contributed by atoms with Gasteiger partial charge >= 0.3 is 0 Å². The molecule has 0 aliphatic heterocycles. The van der Waals surface area contributed by atoms with Gasteiger partial charge in [-0.1, -0.05) is 32.0 Å². The number of hydrogen-bond donors (Lipinski definition) is 2. The Hall–Kier alpha value is -2.15. The van der Waals surface area contributed by atoms with Gasteiger partial charge in [0.1, 0.15) is 0 Å². The van der Waals surface area contributed by atoms with Crippen LogP contribution < -0.4 is 10.6 Å². The van der Waals surface area contributed by atoms with Gasteiger partial charge in [0.05, 0.1) is 4.92 Å². The third-order valence-electron chi connectivity index (χ3n) is 3.07. The lowest BCUT2D eigenvalue weighted by atomic mass is 10.2. The van der Waals surface area contributed by atoms with Gasteiger partial charge in [-0.05, 0) is 12.3 Å². The minimum absolute atomic E-state index is 0.109. The molecule has 0 fully saturated rings. The van der Waals surface area contributed by atoms with Crippen LogP contribution in [-0.2, 0) is 11.3 Å². The molecule has 0 saturated carbocycles. The zero-order valence-corrected chi connectivity index (χ0v) is 14.0. The van der Waals surface area contributed by atoms with Crippen molar-refractivity contribution in [3.05, 3.63) is 39.9 Å². The Kier molecular flexibility index (Phi) is 8.67.